The molecule has 0 aliphatic rings. The van der Waals surface area contributed by atoms with Gasteiger partial charge in [0, 0.05) is 6.07 Å². The summed E-state index contributed by atoms with van der Waals surface area (Å²) in [5, 5.41) is 8.89. The van der Waals surface area contributed by atoms with Crippen molar-refractivity contribution < 1.29 is 19.4 Å². The zero-order chi connectivity index (χ0) is 12.6. The van der Waals surface area contributed by atoms with Crippen molar-refractivity contribution in [3.05, 3.63) is 29.5 Å². The molecule has 0 aromatic carbocycles. The number of carboxylic acid groups (broad SMARTS) is 1. The van der Waals surface area contributed by atoms with Crippen molar-refractivity contribution in [1.82, 2.24) is 14.4 Å². The first-order chi connectivity index (χ1) is 8.04. The third kappa shape index (κ3) is 1.71. The standard InChI is InChI=1S/C10H9N3O4/c1-5-11-4-8-12-6(9(14)15)3-7(13(5)8)10(16)17-2/h3-4H,1-2H3,(H,14,15). The van der Waals surface area contributed by atoms with Crippen LogP contribution in [0.4, 0.5) is 0 Å². The van der Waals surface area contributed by atoms with Crippen molar-refractivity contribution in [2.45, 2.75) is 6.92 Å². The van der Waals surface area contributed by atoms with Crippen LogP contribution in [-0.2, 0) is 4.74 Å². The summed E-state index contributed by atoms with van der Waals surface area (Å²) in [6, 6.07) is 1.16. The Morgan fingerprint density at radius 1 is 1.47 bits per heavy atom. The summed E-state index contributed by atoms with van der Waals surface area (Å²) in [5.41, 5.74) is 0.158. The Labute approximate surface area is 95.7 Å². The van der Waals surface area contributed by atoms with Crippen molar-refractivity contribution >= 4 is 17.6 Å². The summed E-state index contributed by atoms with van der Waals surface area (Å²) in [4.78, 5) is 30.3. The number of aryl methyl sites for hydroxylation is 1. The number of carbonyl (C=O) groups excluding carboxylic acids is 1. The van der Waals surface area contributed by atoms with Gasteiger partial charge in [-0.1, -0.05) is 0 Å². The van der Waals surface area contributed by atoms with E-state index in [1.165, 1.54) is 17.7 Å². The molecule has 2 aromatic rings. The molecule has 0 amide bonds. The van der Waals surface area contributed by atoms with Crippen LogP contribution in [0.1, 0.15) is 26.8 Å². The maximum absolute atomic E-state index is 11.6. The van der Waals surface area contributed by atoms with Crippen LogP contribution in [0.15, 0.2) is 12.3 Å². The third-order valence-electron chi connectivity index (χ3n) is 2.28. The predicted molar refractivity (Wildman–Crippen MR) is 56.0 cm³/mol. The summed E-state index contributed by atoms with van der Waals surface area (Å²) in [5.74, 6) is -1.32. The molecule has 0 fully saturated rings. The molecule has 7 nitrogen and oxygen atoms in total. The minimum absolute atomic E-state index is 0.0879. The number of hydrogen-bond acceptors (Lipinski definition) is 5. The number of hydrogen-bond donors (Lipinski definition) is 1. The normalized spacial score (nSPS) is 10.5. The maximum Gasteiger partial charge on any atom is 0.355 e. The van der Waals surface area contributed by atoms with Crippen molar-refractivity contribution in [3.8, 4) is 0 Å². The molecule has 0 atom stereocenters. The minimum atomic E-state index is -1.21. The predicted octanol–water partition coefficient (Wildman–Crippen LogP) is 0.523. The van der Waals surface area contributed by atoms with Crippen LogP contribution < -0.4 is 0 Å². The zero-order valence-electron chi connectivity index (χ0n) is 9.17. The zero-order valence-corrected chi connectivity index (χ0v) is 9.17. The fourth-order valence-electron chi connectivity index (χ4n) is 1.52. The lowest BCUT2D eigenvalue weighted by atomic mass is 10.3. The van der Waals surface area contributed by atoms with Gasteiger partial charge in [-0.05, 0) is 6.92 Å². The minimum Gasteiger partial charge on any atom is -0.477 e. The first-order valence-corrected chi connectivity index (χ1v) is 4.71. The maximum atomic E-state index is 11.6. The second kappa shape index (κ2) is 3.85. The quantitative estimate of drug-likeness (QED) is 0.763. The smallest absolute Gasteiger partial charge is 0.355 e. The highest BCUT2D eigenvalue weighted by atomic mass is 16.5. The summed E-state index contributed by atoms with van der Waals surface area (Å²) >= 11 is 0. The Morgan fingerprint density at radius 2 is 2.18 bits per heavy atom. The largest absolute Gasteiger partial charge is 0.477 e. The van der Waals surface area contributed by atoms with Crippen LogP contribution in [0.2, 0.25) is 0 Å². The Morgan fingerprint density at radius 3 is 2.76 bits per heavy atom. The highest BCUT2D eigenvalue weighted by Crippen LogP contribution is 2.12. The number of imidazole rings is 1. The molecule has 0 radical (unpaired) electrons. The van der Waals surface area contributed by atoms with Gasteiger partial charge in [0.1, 0.15) is 11.5 Å². The molecule has 0 bridgehead atoms. The molecular weight excluding hydrogens is 226 g/mol. The lowest BCUT2D eigenvalue weighted by Crippen LogP contribution is -2.13. The molecule has 2 aromatic heterocycles. The van der Waals surface area contributed by atoms with E-state index in [9.17, 15) is 9.59 Å². The van der Waals surface area contributed by atoms with E-state index in [0.717, 1.165) is 6.07 Å². The number of rotatable bonds is 2. The van der Waals surface area contributed by atoms with Crippen molar-refractivity contribution in [2.24, 2.45) is 0 Å². The Bertz CT molecular complexity index is 617. The molecule has 0 saturated heterocycles. The number of carboxylic acids is 1. The van der Waals surface area contributed by atoms with Gasteiger partial charge in [-0.3, -0.25) is 4.40 Å². The number of ether oxygens (including phenoxy) is 1. The average molecular weight is 235 g/mol. The van der Waals surface area contributed by atoms with Crippen LogP contribution in [-0.4, -0.2) is 38.5 Å². The van der Waals surface area contributed by atoms with Crippen molar-refractivity contribution in [3.63, 3.8) is 0 Å². The highest BCUT2D eigenvalue weighted by molar-refractivity contribution is 5.93. The molecule has 7 heteroatoms. The van der Waals surface area contributed by atoms with E-state index in [1.54, 1.807) is 6.92 Å². The van der Waals surface area contributed by atoms with Crippen LogP contribution in [0.25, 0.3) is 5.65 Å². The first kappa shape index (κ1) is 11.1. The number of methoxy groups -OCH3 is 1. The number of esters is 1. The fourth-order valence-corrected chi connectivity index (χ4v) is 1.52. The van der Waals surface area contributed by atoms with E-state index in [2.05, 4.69) is 14.7 Å². The van der Waals surface area contributed by atoms with E-state index in [4.69, 9.17) is 5.11 Å². The number of fused-ring (bicyclic) bond motifs is 1. The lowest BCUT2D eigenvalue weighted by Gasteiger charge is -2.05. The van der Waals surface area contributed by atoms with Crippen molar-refractivity contribution in [2.75, 3.05) is 7.11 Å². The number of nitrogens with zero attached hydrogens (tertiary/aromatic N) is 3. The van der Waals surface area contributed by atoms with Gasteiger partial charge in [0.15, 0.2) is 11.3 Å². The van der Waals surface area contributed by atoms with Gasteiger partial charge < -0.3 is 9.84 Å². The topological polar surface area (TPSA) is 93.8 Å². The molecule has 0 aliphatic heterocycles. The van der Waals surface area contributed by atoms with Crippen molar-refractivity contribution in [1.29, 1.82) is 0 Å². The Kier molecular flexibility index (Phi) is 2.51. The van der Waals surface area contributed by atoms with Gasteiger partial charge in [-0.25, -0.2) is 19.6 Å². The van der Waals surface area contributed by atoms with Gasteiger partial charge >= 0.3 is 11.9 Å². The second-order valence-electron chi connectivity index (χ2n) is 3.32. The Balaban J connectivity index is 2.80. The molecular formula is C10H9N3O4. The first-order valence-electron chi connectivity index (χ1n) is 4.71. The van der Waals surface area contributed by atoms with Gasteiger partial charge in [0.2, 0.25) is 0 Å². The average Bonchev–Trinajstić information content (AvgIpc) is 2.69. The monoisotopic (exact) mass is 235 g/mol. The SMILES string of the molecule is COC(=O)c1cc(C(=O)O)nc2cnc(C)n12. The van der Waals surface area contributed by atoms with Crippen LogP contribution in [0.3, 0.4) is 0 Å². The van der Waals surface area contributed by atoms with Crippen LogP contribution >= 0.6 is 0 Å². The van der Waals surface area contributed by atoms with E-state index in [1.807, 2.05) is 0 Å². The number of carbonyl (C=O) groups is 2. The summed E-state index contributed by atoms with van der Waals surface area (Å²) in [6.07, 6.45) is 1.40. The van der Waals surface area contributed by atoms with Gasteiger partial charge in [0.25, 0.3) is 0 Å². The summed E-state index contributed by atoms with van der Waals surface area (Å²) < 4.78 is 6.04. The van der Waals surface area contributed by atoms with E-state index >= 15 is 0 Å². The molecule has 0 unspecified atom stereocenters. The molecule has 0 aliphatic carbocycles. The molecule has 1 N–H and O–H groups in total. The summed E-state index contributed by atoms with van der Waals surface area (Å²) in [6.45, 7) is 1.68. The van der Waals surface area contributed by atoms with E-state index < -0.39 is 11.9 Å². The third-order valence-corrected chi connectivity index (χ3v) is 2.28. The van der Waals surface area contributed by atoms with Gasteiger partial charge in [-0.15, -0.1) is 0 Å². The van der Waals surface area contributed by atoms with Crippen LogP contribution in [0, 0.1) is 6.92 Å². The lowest BCUT2D eigenvalue weighted by molar-refractivity contribution is 0.0591. The van der Waals surface area contributed by atoms with Gasteiger partial charge in [-0.2, -0.15) is 0 Å². The number of aromatic nitrogens is 3. The molecule has 0 saturated carbocycles. The molecule has 2 heterocycles. The molecule has 17 heavy (non-hydrogen) atoms. The molecule has 0 spiro atoms. The Hall–Kier alpha value is -2.44. The molecule has 2 rings (SSSR count). The van der Waals surface area contributed by atoms with Gasteiger partial charge in [0.05, 0.1) is 13.3 Å². The van der Waals surface area contributed by atoms with E-state index in [0.29, 0.717) is 11.5 Å². The van der Waals surface area contributed by atoms with Crippen LogP contribution in [0.5, 0.6) is 0 Å². The molecule has 88 valence electrons. The van der Waals surface area contributed by atoms with E-state index in [-0.39, 0.29) is 11.4 Å². The summed E-state index contributed by atoms with van der Waals surface area (Å²) in [7, 11) is 1.22. The highest BCUT2D eigenvalue weighted by Gasteiger charge is 2.18. The second-order valence-corrected chi connectivity index (χ2v) is 3.32. The fraction of sp³-hybridized carbons (Fsp3) is 0.200. The number of aromatic carboxylic acids is 1.